The van der Waals surface area contributed by atoms with Crippen molar-refractivity contribution < 1.29 is 18.9 Å². The Hall–Kier alpha value is -3.61. The van der Waals surface area contributed by atoms with Crippen LogP contribution in [-0.2, 0) is 17.9 Å². The molecule has 3 rings (SSSR count). The van der Waals surface area contributed by atoms with E-state index in [0.717, 1.165) is 5.56 Å². The maximum Gasteiger partial charge on any atom is 0.269 e. The molecule has 30 heavy (non-hydrogen) atoms. The Morgan fingerprint density at radius 1 is 1.07 bits per heavy atom. The minimum absolute atomic E-state index is 0.0297. The summed E-state index contributed by atoms with van der Waals surface area (Å²) in [6.07, 6.45) is 1.57. The van der Waals surface area contributed by atoms with Gasteiger partial charge in [0.05, 0.1) is 17.7 Å². The monoisotopic (exact) mass is 408 g/mol. The molecule has 0 N–H and O–H groups in total. The molecule has 0 unspecified atom stereocenters. The van der Waals surface area contributed by atoms with E-state index in [-0.39, 0.29) is 18.2 Å². The number of hydrogen-bond acceptors (Lipinski definition) is 5. The first kappa shape index (κ1) is 21.1. The number of non-ortho nitro benzene ring substituents is 1. The van der Waals surface area contributed by atoms with E-state index >= 15 is 0 Å². The second-order valence-electron chi connectivity index (χ2n) is 7.27. The third-order valence-electron chi connectivity index (χ3n) is 4.71. The van der Waals surface area contributed by atoms with Gasteiger partial charge in [-0.25, -0.2) is 0 Å². The van der Waals surface area contributed by atoms with Crippen LogP contribution >= 0.6 is 0 Å². The number of hydrogen-bond donors (Lipinski definition) is 0. The lowest BCUT2D eigenvalue weighted by molar-refractivity contribution is -0.384. The van der Waals surface area contributed by atoms with Crippen molar-refractivity contribution in [1.82, 2.24) is 4.90 Å². The highest BCUT2D eigenvalue weighted by Crippen LogP contribution is 2.19. The predicted molar refractivity (Wildman–Crippen MR) is 112 cm³/mol. The third-order valence-corrected chi connectivity index (χ3v) is 4.71. The summed E-state index contributed by atoms with van der Waals surface area (Å²) in [5, 5.41) is 10.7. The summed E-state index contributed by atoms with van der Waals surface area (Å²) < 4.78 is 10.9. The summed E-state index contributed by atoms with van der Waals surface area (Å²) in [5.41, 5.74) is 2.22. The molecule has 0 saturated heterocycles. The van der Waals surface area contributed by atoms with Crippen LogP contribution in [0.2, 0.25) is 0 Å². The molecule has 0 aliphatic carbocycles. The highest BCUT2D eigenvalue weighted by Gasteiger charge is 2.17. The Labute approximate surface area is 175 Å². The van der Waals surface area contributed by atoms with E-state index in [1.54, 1.807) is 17.2 Å². The fraction of sp³-hybridized carbons (Fsp3) is 0.261. The van der Waals surface area contributed by atoms with Crippen molar-refractivity contribution in [1.29, 1.82) is 0 Å². The molecule has 0 fully saturated rings. The Balaban J connectivity index is 1.67. The van der Waals surface area contributed by atoms with Crippen LogP contribution in [0.5, 0.6) is 5.75 Å². The number of rotatable bonds is 9. The fourth-order valence-corrected chi connectivity index (χ4v) is 2.95. The molecule has 0 radical (unpaired) electrons. The molecule has 0 spiro atoms. The van der Waals surface area contributed by atoms with Crippen molar-refractivity contribution in [2.75, 3.05) is 6.61 Å². The highest BCUT2D eigenvalue weighted by atomic mass is 16.6. The zero-order chi connectivity index (χ0) is 21.5. The number of furan rings is 1. The molecular formula is C23H24N2O5. The number of nitro benzene ring substituents is 1. The van der Waals surface area contributed by atoms with Crippen LogP contribution in [0.1, 0.15) is 36.7 Å². The van der Waals surface area contributed by atoms with Gasteiger partial charge < -0.3 is 14.1 Å². The Morgan fingerprint density at radius 3 is 2.33 bits per heavy atom. The lowest BCUT2D eigenvalue weighted by Crippen LogP contribution is -2.34. The van der Waals surface area contributed by atoms with Crippen LogP contribution in [0.25, 0.3) is 0 Å². The average molecular weight is 408 g/mol. The van der Waals surface area contributed by atoms with Gasteiger partial charge in [-0.05, 0) is 41.3 Å². The largest absolute Gasteiger partial charge is 0.484 e. The highest BCUT2D eigenvalue weighted by molar-refractivity contribution is 5.77. The molecule has 1 aromatic heterocycles. The lowest BCUT2D eigenvalue weighted by Gasteiger charge is -2.22. The zero-order valence-electron chi connectivity index (χ0n) is 17.0. The van der Waals surface area contributed by atoms with E-state index in [9.17, 15) is 14.9 Å². The number of ether oxygens (including phenoxy) is 1. The number of nitrogens with zero attached hydrogens (tertiary/aromatic N) is 2. The number of carbonyl (C=O) groups excluding carboxylic acids is 1. The van der Waals surface area contributed by atoms with Crippen LogP contribution < -0.4 is 4.74 Å². The van der Waals surface area contributed by atoms with Gasteiger partial charge >= 0.3 is 0 Å². The smallest absolute Gasteiger partial charge is 0.269 e. The molecule has 1 amide bonds. The molecule has 0 aliphatic rings. The molecule has 7 heteroatoms. The molecule has 0 saturated carbocycles. The van der Waals surface area contributed by atoms with Gasteiger partial charge in [0.1, 0.15) is 11.5 Å². The number of carbonyl (C=O) groups is 1. The quantitative estimate of drug-likeness (QED) is 0.371. The summed E-state index contributed by atoms with van der Waals surface area (Å²) in [5.74, 6) is 1.30. The molecule has 2 aromatic carbocycles. The minimum atomic E-state index is -0.482. The molecule has 7 nitrogen and oxygen atoms in total. The van der Waals surface area contributed by atoms with Crippen molar-refractivity contribution in [2.24, 2.45) is 0 Å². The van der Waals surface area contributed by atoms with Crippen LogP contribution in [0.15, 0.2) is 71.3 Å². The van der Waals surface area contributed by atoms with Gasteiger partial charge in [0, 0.05) is 18.7 Å². The topological polar surface area (TPSA) is 85.8 Å². The molecule has 3 aromatic rings. The number of amides is 1. The van der Waals surface area contributed by atoms with E-state index in [1.165, 1.54) is 29.8 Å². The van der Waals surface area contributed by atoms with Crippen LogP contribution in [-0.4, -0.2) is 22.3 Å². The first-order chi connectivity index (χ1) is 14.4. The summed E-state index contributed by atoms with van der Waals surface area (Å²) in [6.45, 7) is 4.83. The summed E-state index contributed by atoms with van der Waals surface area (Å²) in [4.78, 5) is 24.8. The maximum absolute atomic E-state index is 12.8. The Kier molecular flexibility index (Phi) is 6.85. The number of nitro groups is 1. The van der Waals surface area contributed by atoms with Gasteiger partial charge in [0.15, 0.2) is 6.61 Å². The van der Waals surface area contributed by atoms with Crippen LogP contribution in [0.3, 0.4) is 0 Å². The fourth-order valence-electron chi connectivity index (χ4n) is 2.95. The van der Waals surface area contributed by atoms with Gasteiger partial charge in [0.25, 0.3) is 11.6 Å². The maximum atomic E-state index is 12.8. The first-order valence-electron chi connectivity index (χ1n) is 9.68. The zero-order valence-corrected chi connectivity index (χ0v) is 17.0. The summed E-state index contributed by atoms with van der Waals surface area (Å²) in [6, 6.07) is 17.4. The van der Waals surface area contributed by atoms with E-state index in [4.69, 9.17) is 9.15 Å². The minimum Gasteiger partial charge on any atom is -0.484 e. The second kappa shape index (κ2) is 9.73. The van der Waals surface area contributed by atoms with Gasteiger partial charge in [-0.2, -0.15) is 0 Å². The first-order valence-corrected chi connectivity index (χ1v) is 9.68. The van der Waals surface area contributed by atoms with E-state index in [1.807, 2.05) is 18.2 Å². The molecule has 0 atom stereocenters. The van der Waals surface area contributed by atoms with Gasteiger partial charge in [-0.15, -0.1) is 0 Å². The molecule has 156 valence electrons. The van der Waals surface area contributed by atoms with Crippen LogP contribution in [0.4, 0.5) is 5.69 Å². The van der Waals surface area contributed by atoms with Gasteiger partial charge in [-0.3, -0.25) is 14.9 Å². The van der Waals surface area contributed by atoms with Crippen molar-refractivity contribution in [2.45, 2.75) is 32.9 Å². The van der Waals surface area contributed by atoms with Gasteiger partial charge in [-0.1, -0.05) is 38.1 Å². The van der Waals surface area contributed by atoms with Crippen LogP contribution in [0, 0.1) is 10.1 Å². The average Bonchev–Trinajstić information content (AvgIpc) is 3.25. The van der Waals surface area contributed by atoms with E-state index in [0.29, 0.717) is 30.5 Å². The van der Waals surface area contributed by atoms with E-state index in [2.05, 4.69) is 26.0 Å². The molecule has 0 bridgehead atoms. The summed E-state index contributed by atoms with van der Waals surface area (Å²) in [7, 11) is 0. The van der Waals surface area contributed by atoms with E-state index < -0.39 is 4.92 Å². The standard InChI is InChI=1S/C23H24N2O5/c1-17(2)19-7-5-18(6-8-19)14-24(15-22-4-3-13-29-22)23(26)16-30-21-11-9-20(10-12-21)25(27)28/h3-13,17H,14-16H2,1-2H3. The van der Waals surface area contributed by atoms with Crippen molar-refractivity contribution >= 4 is 11.6 Å². The second-order valence-corrected chi connectivity index (χ2v) is 7.27. The normalized spacial score (nSPS) is 10.8. The predicted octanol–water partition coefficient (Wildman–Crippen LogP) is 4.92. The SMILES string of the molecule is CC(C)c1ccc(CN(Cc2ccco2)C(=O)COc2ccc([N+](=O)[O-])cc2)cc1. The number of benzene rings is 2. The molecular weight excluding hydrogens is 384 g/mol. The summed E-state index contributed by atoms with van der Waals surface area (Å²) >= 11 is 0. The van der Waals surface area contributed by atoms with Gasteiger partial charge in [0.2, 0.25) is 0 Å². The third kappa shape index (κ3) is 5.70. The Morgan fingerprint density at radius 2 is 1.77 bits per heavy atom. The molecule has 1 heterocycles. The lowest BCUT2D eigenvalue weighted by atomic mass is 10.0. The molecule has 0 aliphatic heterocycles. The van der Waals surface area contributed by atoms with Crippen molar-refractivity contribution in [3.05, 3.63) is 93.9 Å². The Bertz CT molecular complexity index is 964. The van der Waals surface area contributed by atoms with Crippen molar-refractivity contribution in [3.8, 4) is 5.75 Å². The van der Waals surface area contributed by atoms with Crippen molar-refractivity contribution in [3.63, 3.8) is 0 Å².